The van der Waals surface area contributed by atoms with Crippen LogP contribution in [0.15, 0.2) is 5.38 Å². The van der Waals surface area contributed by atoms with E-state index in [-0.39, 0.29) is 0 Å². The van der Waals surface area contributed by atoms with Gasteiger partial charge in [0.05, 0.1) is 5.69 Å². The Kier molecular flexibility index (Phi) is 4.99. The van der Waals surface area contributed by atoms with Crippen LogP contribution >= 0.6 is 11.3 Å². The Hall–Kier alpha value is -1.14. The molecule has 2 N–H and O–H groups in total. The predicted octanol–water partition coefficient (Wildman–Crippen LogP) is 2.40. The Labute approximate surface area is 124 Å². The third kappa shape index (κ3) is 3.70. The first kappa shape index (κ1) is 15.3. The van der Waals surface area contributed by atoms with Gasteiger partial charge in [-0.15, -0.1) is 11.3 Å². The van der Waals surface area contributed by atoms with Gasteiger partial charge in [0.1, 0.15) is 5.41 Å². The highest BCUT2D eigenvalue weighted by molar-refractivity contribution is 7.13. The average molecular weight is 297 g/mol. The Morgan fingerprint density at radius 1 is 1.45 bits per heavy atom. The summed E-state index contributed by atoms with van der Waals surface area (Å²) in [6.07, 6.45) is 3.95. The number of hydrogen-bond donors (Lipinski definition) is 2. The van der Waals surface area contributed by atoms with Crippen LogP contribution < -0.4 is 5.32 Å². The van der Waals surface area contributed by atoms with Gasteiger partial charge in [0, 0.05) is 18.5 Å². The predicted molar refractivity (Wildman–Crippen MR) is 81.6 cm³/mol. The van der Waals surface area contributed by atoms with Crippen LogP contribution in [0.5, 0.6) is 0 Å². The topological polar surface area (TPSA) is 65.5 Å². The van der Waals surface area contributed by atoms with Crippen molar-refractivity contribution < 1.29 is 9.90 Å². The maximum Gasteiger partial charge on any atom is 0.315 e. The second kappa shape index (κ2) is 6.54. The van der Waals surface area contributed by atoms with Crippen LogP contribution in [0.3, 0.4) is 0 Å². The molecule has 5 nitrogen and oxygen atoms in total. The van der Waals surface area contributed by atoms with Crippen LogP contribution in [0.4, 0.5) is 5.13 Å². The molecule has 112 valence electrons. The molecular formula is C14H23N3O2S. The highest BCUT2D eigenvalue weighted by atomic mass is 32.1. The summed E-state index contributed by atoms with van der Waals surface area (Å²) in [5, 5.41) is 15.1. The number of nitrogens with zero attached hydrogens (tertiary/aromatic N) is 2. The van der Waals surface area contributed by atoms with Crippen molar-refractivity contribution in [1.82, 2.24) is 9.88 Å². The van der Waals surface area contributed by atoms with E-state index in [2.05, 4.69) is 15.2 Å². The van der Waals surface area contributed by atoms with E-state index < -0.39 is 11.4 Å². The Balaban J connectivity index is 1.82. The van der Waals surface area contributed by atoms with Gasteiger partial charge in [0.15, 0.2) is 5.13 Å². The number of anilines is 1. The van der Waals surface area contributed by atoms with Crippen molar-refractivity contribution >= 4 is 22.4 Å². The molecule has 0 saturated carbocycles. The Bertz CT molecular complexity index is 453. The molecule has 1 aromatic heterocycles. The first-order valence-electron chi connectivity index (χ1n) is 7.16. The Morgan fingerprint density at radius 3 is 2.80 bits per heavy atom. The summed E-state index contributed by atoms with van der Waals surface area (Å²) in [6.45, 7) is 7.63. The summed E-state index contributed by atoms with van der Waals surface area (Å²) in [7, 11) is 0. The van der Waals surface area contributed by atoms with E-state index in [4.69, 9.17) is 0 Å². The van der Waals surface area contributed by atoms with E-state index in [9.17, 15) is 9.90 Å². The summed E-state index contributed by atoms with van der Waals surface area (Å²) in [4.78, 5) is 18.0. The van der Waals surface area contributed by atoms with E-state index in [1.54, 1.807) is 13.8 Å². The largest absolute Gasteiger partial charge is 0.481 e. The molecule has 1 fully saturated rings. The second-order valence-electron chi connectivity index (χ2n) is 5.80. The van der Waals surface area contributed by atoms with Crippen LogP contribution in [0.25, 0.3) is 0 Å². The molecule has 0 spiro atoms. The van der Waals surface area contributed by atoms with E-state index in [1.807, 2.05) is 5.38 Å². The summed E-state index contributed by atoms with van der Waals surface area (Å²) in [6, 6.07) is 0. The van der Waals surface area contributed by atoms with Crippen molar-refractivity contribution in [3.8, 4) is 0 Å². The van der Waals surface area contributed by atoms with E-state index in [1.165, 1.54) is 43.7 Å². The van der Waals surface area contributed by atoms with Gasteiger partial charge < -0.3 is 15.3 Å². The van der Waals surface area contributed by atoms with Gasteiger partial charge >= 0.3 is 5.97 Å². The van der Waals surface area contributed by atoms with Crippen molar-refractivity contribution in [3.05, 3.63) is 11.1 Å². The molecule has 6 heteroatoms. The molecule has 1 aliphatic rings. The fourth-order valence-corrected chi connectivity index (χ4v) is 3.16. The number of aromatic nitrogens is 1. The van der Waals surface area contributed by atoms with Crippen LogP contribution in [0.1, 0.15) is 38.8 Å². The minimum atomic E-state index is -0.927. The van der Waals surface area contributed by atoms with Gasteiger partial charge in [-0.25, -0.2) is 4.98 Å². The van der Waals surface area contributed by atoms with Gasteiger partial charge in [-0.05, 0) is 39.8 Å². The highest BCUT2D eigenvalue weighted by Gasteiger charge is 2.32. The minimum Gasteiger partial charge on any atom is -0.481 e. The maximum absolute atomic E-state index is 11.2. The number of carbonyl (C=O) groups is 1. The Morgan fingerprint density at radius 2 is 2.15 bits per heavy atom. The number of nitrogens with one attached hydrogen (secondary N) is 1. The zero-order chi connectivity index (χ0) is 14.6. The van der Waals surface area contributed by atoms with Gasteiger partial charge in [0.2, 0.25) is 0 Å². The first-order chi connectivity index (χ1) is 9.50. The van der Waals surface area contributed by atoms with Crippen molar-refractivity contribution in [2.45, 2.75) is 38.5 Å². The lowest BCUT2D eigenvalue weighted by molar-refractivity contribution is -0.142. The van der Waals surface area contributed by atoms with Crippen molar-refractivity contribution in [2.24, 2.45) is 0 Å². The zero-order valence-corrected chi connectivity index (χ0v) is 13.0. The van der Waals surface area contributed by atoms with Gasteiger partial charge in [-0.2, -0.15) is 0 Å². The quantitative estimate of drug-likeness (QED) is 0.844. The smallest absolute Gasteiger partial charge is 0.315 e. The zero-order valence-electron chi connectivity index (χ0n) is 12.2. The second-order valence-corrected chi connectivity index (χ2v) is 6.66. The highest BCUT2D eigenvalue weighted by Crippen LogP contribution is 2.27. The van der Waals surface area contributed by atoms with E-state index >= 15 is 0 Å². The fourth-order valence-electron chi connectivity index (χ4n) is 2.26. The number of hydrogen-bond acceptors (Lipinski definition) is 5. The normalized spacial score (nSPS) is 17.1. The molecule has 2 heterocycles. The lowest BCUT2D eigenvalue weighted by Crippen LogP contribution is -2.33. The van der Waals surface area contributed by atoms with Gasteiger partial charge in [-0.3, -0.25) is 4.79 Å². The molecule has 20 heavy (non-hydrogen) atoms. The van der Waals surface area contributed by atoms with Crippen molar-refractivity contribution in [2.75, 3.05) is 31.5 Å². The molecule has 1 aromatic rings. The molecule has 0 radical (unpaired) electrons. The average Bonchev–Trinajstić information content (AvgIpc) is 2.89. The molecule has 0 aliphatic carbocycles. The lowest BCUT2D eigenvalue weighted by atomic mass is 9.90. The standard InChI is InChI=1S/C14H23N3O2S/c1-14(2,12(18)19)11-10-20-13(16-11)15-6-9-17-7-4-3-5-8-17/h10H,3-9H2,1-2H3,(H,15,16)(H,18,19). The molecule has 0 aromatic carbocycles. The SMILES string of the molecule is CC(C)(C(=O)O)c1csc(NCCN2CCCCC2)n1. The molecule has 0 amide bonds. The van der Waals surface area contributed by atoms with Crippen LogP contribution in [0.2, 0.25) is 0 Å². The van der Waals surface area contributed by atoms with E-state index in [0.717, 1.165) is 18.2 Å². The number of thiazole rings is 1. The number of piperidine rings is 1. The lowest BCUT2D eigenvalue weighted by Gasteiger charge is -2.26. The van der Waals surface area contributed by atoms with Gasteiger partial charge in [0.25, 0.3) is 0 Å². The van der Waals surface area contributed by atoms with Crippen LogP contribution in [-0.2, 0) is 10.2 Å². The molecule has 0 unspecified atom stereocenters. The molecule has 2 rings (SSSR count). The monoisotopic (exact) mass is 297 g/mol. The van der Waals surface area contributed by atoms with Crippen LogP contribution in [0, 0.1) is 0 Å². The third-order valence-corrected chi connectivity index (χ3v) is 4.63. The summed E-state index contributed by atoms with van der Waals surface area (Å²) in [5.74, 6) is -0.845. The van der Waals surface area contributed by atoms with Gasteiger partial charge in [-0.1, -0.05) is 6.42 Å². The molecule has 0 bridgehead atoms. The van der Waals surface area contributed by atoms with Crippen LogP contribution in [-0.4, -0.2) is 47.1 Å². The molecular weight excluding hydrogens is 274 g/mol. The molecule has 0 atom stereocenters. The maximum atomic E-state index is 11.2. The molecule has 1 aliphatic heterocycles. The summed E-state index contributed by atoms with van der Waals surface area (Å²) >= 11 is 1.48. The van der Waals surface area contributed by atoms with E-state index in [0.29, 0.717) is 5.69 Å². The molecule has 1 saturated heterocycles. The van der Waals surface area contributed by atoms with Crippen molar-refractivity contribution in [1.29, 1.82) is 0 Å². The first-order valence-corrected chi connectivity index (χ1v) is 8.04. The summed E-state index contributed by atoms with van der Waals surface area (Å²) < 4.78 is 0. The fraction of sp³-hybridized carbons (Fsp3) is 0.714. The van der Waals surface area contributed by atoms with Crippen molar-refractivity contribution in [3.63, 3.8) is 0 Å². The number of aliphatic carboxylic acids is 1. The number of carboxylic acid groups (broad SMARTS) is 1. The number of carboxylic acids is 1. The minimum absolute atomic E-state index is 0.621. The number of rotatable bonds is 6. The third-order valence-electron chi connectivity index (χ3n) is 3.83. The summed E-state index contributed by atoms with van der Waals surface area (Å²) in [5.41, 5.74) is -0.306. The number of likely N-dealkylation sites (tertiary alicyclic amines) is 1.